The summed E-state index contributed by atoms with van der Waals surface area (Å²) in [5.74, 6) is 0. The van der Waals surface area contributed by atoms with Crippen LogP contribution in [0.4, 0.5) is 18.9 Å². The van der Waals surface area contributed by atoms with Crippen LogP contribution in [0.15, 0.2) is 48.0 Å². The van der Waals surface area contributed by atoms with E-state index in [-0.39, 0.29) is 5.69 Å². The van der Waals surface area contributed by atoms with E-state index in [9.17, 15) is 21.6 Å². The number of aryl methyl sites for hydroxylation is 1. The van der Waals surface area contributed by atoms with Crippen molar-refractivity contribution in [2.24, 2.45) is 0 Å². The van der Waals surface area contributed by atoms with Crippen molar-refractivity contribution >= 4 is 27.0 Å². The summed E-state index contributed by atoms with van der Waals surface area (Å²) >= 11 is 1.44. The van der Waals surface area contributed by atoms with Crippen molar-refractivity contribution in [3.05, 3.63) is 53.7 Å². The average Bonchev–Trinajstić information content (AvgIpc) is 3.12. The van der Waals surface area contributed by atoms with Crippen LogP contribution >= 0.6 is 11.3 Å². The number of thiazole rings is 1. The molecule has 1 aromatic carbocycles. The first-order chi connectivity index (χ1) is 13.2. The van der Waals surface area contributed by atoms with Crippen molar-refractivity contribution in [3.8, 4) is 21.8 Å². The first kappa shape index (κ1) is 20.3. The van der Waals surface area contributed by atoms with Gasteiger partial charge in [0.1, 0.15) is 5.01 Å². The van der Waals surface area contributed by atoms with Crippen LogP contribution in [0.1, 0.15) is 19.0 Å². The quantitative estimate of drug-likeness (QED) is 0.595. The largest absolute Gasteiger partial charge is 0.516 e. The molecule has 3 aromatic rings. The summed E-state index contributed by atoms with van der Waals surface area (Å²) in [6.45, 7) is 2.08. The van der Waals surface area contributed by atoms with Gasteiger partial charge in [0, 0.05) is 34.1 Å². The Morgan fingerprint density at radius 3 is 2.46 bits per heavy atom. The number of alkyl halides is 3. The van der Waals surface area contributed by atoms with Crippen LogP contribution in [-0.4, -0.2) is 23.9 Å². The number of anilines is 1. The van der Waals surface area contributed by atoms with Gasteiger partial charge >= 0.3 is 15.5 Å². The lowest BCUT2D eigenvalue weighted by molar-refractivity contribution is -0.0429. The topological polar surface area (TPSA) is 72.0 Å². The van der Waals surface area contributed by atoms with Gasteiger partial charge in [-0.05, 0) is 30.7 Å². The molecule has 0 saturated heterocycles. The lowest BCUT2D eigenvalue weighted by Crippen LogP contribution is -2.29. The zero-order valence-electron chi connectivity index (χ0n) is 14.7. The molecule has 2 heterocycles. The van der Waals surface area contributed by atoms with E-state index in [1.54, 1.807) is 6.20 Å². The first-order valence-electron chi connectivity index (χ1n) is 8.30. The van der Waals surface area contributed by atoms with E-state index in [4.69, 9.17) is 0 Å². The highest BCUT2D eigenvalue weighted by molar-refractivity contribution is 7.93. The third-order valence-electron chi connectivity index (χ3n) is 3.81. The average molecular weight is 427 g/mol. The fraction of sp³-hybridized carbons (Fsp3) is 0.222. The number of hydrogen-bond acceptors (Lipinski definition) is 5. The SMILES string of the molecule is CCCc1cc(-c2nc(-c3ccc(NS(=O)(=O)C(F)(F)F)cc3)cs2)ccn1. The van der Waals surface area contributed by atoms with E-state index in [2.05, 4.69) is 16.9 Å². The number of benzene rings is 1. The number of nitrogens with zero attached hydrogens (tertiary/aromatic N) is 2. The fourth-order valence-corrected chi connectivity index (χ4v) is 3.85. The normalized spacial score (nSPS) is 12.1. The van der Waals surface area contributed by atoms with E-state index in [1.165, 1.54) is 40.3 Å². The molecule has 148 valence electrons. The molecular formula is C18H16F3N3O2S2. The summed E-state index contributed by atoms with van der Waals surface area (Å²) in [7, 11) is -5.44. The van der Waals surface area contributed by atoms with Crippen LogP contribution in [0, 0.1) is 0 Å². The summed E-state index contributed by atoms with van der Waals surface area (Å²) in [4.78, 5) is 8.88. The first-order valence-corrected chi connectivity index (χ1v) is 10.7. The molecule has 0 saturated carbocycles. The molecule has 3 rings (SSSR count). The van der Waals surface area contributed by atoms with E-state index in [0.29, 0.717) is 11.3 Å². The Balaban J connectivity index is 1.80. The Bertz CT molecular complexity index is 1060. The van der Waals surface area contributed by atoms with Crippen LogP contribution in [0.25, 0.3) is 21.8 Å². The minimum atomic E-state index is -5.44. The Morgan fingerprint density at radius 2 is 1.82 bits per heavy atom. The fourth-order valence-electron chi connectivity index (χ4n) is 2.47. The number of aromatic nitrogens is 2. The Hall–Kier alpha value is -2.46. The van der Waals surface area contributed by atoms with Crippen molar-refractivity contribution < 1.29 is 21.6 Å². The second kappa shape index (κ2) is 7.88. The van der Waals surface area contributed by atoms with Gasteiger partial charge in [-0.1, -0.05) is 25.5 Å². The molecule has 0 bridgehead atoms. The summed E-state index contributed by atoms with van der Waals surface area (Å²) in [6, 6.07) is 9.43. The minimum Gasteiger partial charge on any atom is -0.276 e. The maximum atomic E-state index is 12.4. The number of pyridine rings is 1. The zero-order valence-corrected chi connectivity index (χ0v) is 16.3. The highest BCUT2D eigenvalue weighted by Crippen LogP contribution is 2.31. The van der Waals surface area contributed by atoms with Gasteiger partial charge in [0.25, 0.3) is 0 Å². The van der Waals surface area contributed by atoms with Crippen LogP contribution in [0.5, 0.6) is 0 Å². The molecule has 0 aliphatic carbocycles. The van der Waals surface area contributed by atoms with Gasteiger partial charge < -0.3 is 0 Å². The van der Waals surface area contributed by atoms with Gasteiger partial charge in [-0.2, -0.15) is 21.6 Å². The number of halogens is 3. The van der Waals surface area contributed by atoms with Gasteiger partial charge in [-0.3, -0.25) is 9.71 Å². The molecular weight excluding hydrogens is 411 g/mol. The third-order valence-corrected chi connectivity index (χ3v) is 5.82. The Labute approximate surface area is 164 Å². The van der Waals surface area contributed by atoms with Gasteiger partial charge in [0.15, 0.2) is 0 Å². The number of sulfonamides is 1. The van der Waals surface area contributed by atoms with Crippen LogP contribution < -0.4 is 4.72 Å². The molecule has 1 N–H and O–H groups in total. The van der Waals surface area contributed by atoms with E-state index in [1.807, 2.05) is 17.5 Å². The molecule has 0 spiro atoms. The zero-order chi connectivity index (χ0) is 20.4. The number of nitrogens with one attached hydrogen (secondary N) is 1. The van der Waals surface area contributed by atoms with Crippen LogP contribution in [-0.2, 0) is 16.4 Å². The number of hydrogen-bond donors (Lipinski definition) is 1. The van der Waals surface area contributed by atoms with Crippen molar-refractivity contribution in [1.82, 2.24) is 9.97 Å². The predicted octanol–water partition coefficient (Wildman–Crippen LogP) is 5.09. The molecule has 0 radical (unpaired) electrons. The van der Waals surface area contributed by atoms with E-state index >= 15 is 0 Å². The van der Waals surface area contributed by atoms with Crippen molar-refractivity contribution in [2.45, 2.75) is 25.3 Å². The van der Waals surface area contributed by atoms with Crippen LogP contribution in [0.2, 0.25) is 0 Å². The summed E-state index contributed by atoms with van der Waals surface area (Å²) < 4.78 is 61.1. The second-order valence-electron chi connectivity index (χ2n) is 5.95. The second-order valence-corrected chi connectivity index (χ2v) is 8.48. The molecule has 28 heavy (non-hydrogen) atoms. The standard InChI is InChI=1S/C18H16F3N3O2S2/c1-2-3-15-10-13(8-9-22-15)17-23-16(11-27-17)12-4-6-14(7-5-12)24-28(25,26)18(19,20)21/h4-11,24H,2-3H2,1H3. The van der Waals surface area contributed by atoms with E-state index in [0.717, 1.165) is 29.1 Å². The third kappa shape index (κ3) is 4.50. The highest BCUT2D eigenvalue weighted by atomic mass is 32.2. The molecule has 10 heteroatoms. The smallest absolute Gasteiger partial charge is 0.276 e. The van der Waals surface area contributed by atoms with Gasteiger partial charge in [0.2, 0.25) is 0 Å². The molecule has 2 aromatic heterocycles. The van der Waals surface area contributed by atoms with Crippen molar-refractivity contribution in [1.29, 1.82) is 0 Å². The summed E-state index contributed by atoms with van der Waals surface area (Å²) in [5, 5.41) is 2.64. The van der Waals surface area contributed by atoms with Gasteiger partial charge in [-0.15, -0.1) is 11.3 Å². The molecule has 5 nitrogen and oxygen atoms in total. The monoisotopic (exact) mass is 427 g/mol. The van der Waals surface area contributed by atoms with Crippen molar-refractivity contribution in [3.63, 3.8) is 0 Å². The van der Waals surface area contributed by atoms with Crippen molar-refractivity contribution in [2.75, 3.05) is 4.72 Å². The molecule has 0 amide bonds. The molecule has 0 aliphatic heterocycles. The lowest BCUT2D eigenvalue weighted by Gasteiger charge is -2.10. The molecule has 0 atom stereocenters. The molecule has 0 fully saturated rings. The van der Waals surface area contributed by atoms with Crippen LogP contribution in [0.3, 0.4) is 0 Å². The maximum absolute atomic E-state index is 12.4. The Kier molecular flexibility index (Phi) is 5.71. The van der Waals surface area contributed by atoms with Gasteiger partial charge in [0.05, 0.1) is 5.69 Å². The minimum absolute atomic E-state index is 0.171. The lowest BCUT2D eigenvalue weighted by atomic mass is 10.1. The van der Waals surface area contributed by atoms with E-state index < -0.39 is 15.5 Å². The highest BCUT2D eigenvalue weighted by Gasteiger charge is 2.46. The molecule has 0 aliphatic rings. The predicted molar refractivity (Wildman–Crippen MR) is 103 cm³/mol. The summed E-state index contributed by atoms with van der Waals surface area (Å²) in [6.07, 6.45) is 3.61. The number of rotatable bonds is 6. The maximum Gasteiger partial charge on any atom is 0.516 e. The Morgan fingerprint density at radius 1 is 1.11 bits per heavy atom. The van der Waals surface area contributed by atoms with Gasteiger partial charge in [-0.25, -0.2) is 4.98 Å². The molecule has 0 unspecified atom stereocenters. The summed E-state index contributed by atoms with van der Waals surface area (Å²) in [5.41, 5.74) is -2.28.